The van der Waals surface area contributed by atoms with Gasteiger partial charge in [0.25, 0.3) is 0 Å². The number of hydrogen-bond donors (Lipinski definition) is 0. The molecule has 4 heteroatoms. The third-order valence-electron chi connectivity index (χ3n) is 4.35. The van der Waals surface area contributed by atoms with Gasteiger partial charge in [-0.2, -0.15) is 0 Å². The van der Waals surface area contributed by atoms with Crippen LogP contribution in [0.5, 0.6) is 0 Å². The van der Waals surface area contributed by atoms with Crippen molar-refractivity contribution >= 4 is 5.71 Å². The molecule has 0 aliphatic carbocycles. The molecule has 2 heterocycles. The molecule has 0 spiro atoms. The Bertz CT molecular complexity index is 994. The van der Waals surface area contributed by atoms with Crippen LogP contribution >= 0.6 is 0 Å². The number of ether oxygens (including phenoxy) is 1. The maximum Gasteiger partial charge on any atom is 0.0999 e. The quantitative estimate of drug-likeness (QED) is 0.692. The molecule has 122 valence electrons. The van der Waals surface area contributed by atoms with Crippen LogP contribution in [0.2, 0.25) is 0 Å². The summed E-state index contributed by atoms with van der Waals surface area (Å²) in [5.74, 6) is 2.72. The maximum absolute atomic E-state index is 5.62. The van der Waals surface area contributed by atoms with Crippen LogP contribution in [0.25, 0.3) is 5.69 Å². The van der Waals surface area contributed by atoms with Crippen LogP contribution in [0.15, 0.2) is 59.9 Å². The Labute approximate surface area is 146 Å². The van der Waals surface area contributed by atoms with Crippen LogP contribution in [0.3, 0.4) is 0 Å². The Morgan fingerprint density at radius 1 is 1.20 bits per heavy atom. The second-order valence-electron chi connectivity index (χ2n) is 5.85. The molecule has 1 aromatic heterocycles. The first-order valence-corrected chi connectivity index (χ1v) is 8.07. The Balaban J connectivity index is 1.96. The molecule has 4 rings (SSSR count). The van der Waals surface area contributed by atoms with Crippen molar-refractivity contribution in [3.05, 3.63) is 82.9 Å². The Kier molecular flexibility index (Phi) is 3.93. The van der Waals surface area contributed by atoms with E-state index in [-0.39, 0.29) is 0 Å². The summed E-state index contributed by atoms with van der Waals surface area (Å²) in [6.45, 7) is 1.01. The zero-order valence-corrected chi connectivity index (χ0v) is 13.9. The van der Waals surface area contributed by atoms with E-state index < -0.39 is 0 Å². The number of methoxy groups -OCH3 is 1. The number of imidazole rings is 1. The molecule has 0 N–H and O–H groups in total. The molecule has 0 radical (unpaired) electrons. The monoisotopic (exact) mass is 327 g/mol. The van der Waals surface area contributed by atoms with Gasteiger partial charge in [0.2, 0.25) is 0 Å². The lowest BCUT2D eigenvalue weighted by atomic mass is 9.98. The van der Waals surface area contributed by atoms with Crippen molar-refractivity contribution in [3.8, 4) is 18.0 Å². The van der Waals surface area contributed by atoms with Gasteiger partial charge in [-0.1, -0.05) is 36.3 Å². The van der Waals surface area contributed by atoms with Crippen LogP contribution in [0.1, 0.15) is 28.1 Å². The van der Waals surface area contributed by atoms with E-state index in [9.17, 15) is 0 Å². The molecule has 4 nitrogen and oxygen atoms in total. The van der Waals surface area contributed by atoms with Gasteiger partial charge in [-0.3, -0.25) is 4.99 Å². The number of nitrogens with zero attached hydrogens (tertiary/aromatic N) is 3. The lowest BCUT2D eigenvalue weighted by molar-refractivity contribution is 0.181. The number of terminal acetylenes is 1. The third kappa shape index (κ3) is 2.65. The maximum atomic E-state index is 5.62. The highest BCUT2D eigenvalue weighted by Gasteiger charge is 2.21. The minimum atomic E-state index is 0.469. The predicted molar refractivity (Wildman–Crippen MR) is 98.0 cm³/mol. The highest BCUT2D eigenvalue weighted by atomic mass is 16.5. The average Bonchev–Trinajstić information content (AvgIpc) is 2.97. The summed E-state index contributed by atoms with van der Waals surface area (Å²) in [6.07, 6.45) is 7.45. The molecule has 0 amide bonds. The first kappa shape index (κ1) is 15.4. The van der Waals surface area contributed by atoms with Crippen LogP contribution in [-0.4, -0.2) is 22.4 Å². The number of fused-ring (bicyclic) bond motifs is 3. The van der Waals surface area contributed by atoms with Crippen molar-refractivity contribution in [1.29, 1.82) is 0 Å². The number of benzene rings is 2. The SMILES string of the molecule is C#Cc1ccc2c(c1)C(c1ccccc1)=NCc1c(COC)ncn1-2. The highest BCUT2D eigenvalue weighted by Crippen LogP contribution is 2.27. The number of aromatic nitrogens is 2. The van der Waals surface area contributed by atoms with E-state index in [4.69, 9.17) is 16.2 Å². The lowest BCUT2D eigenvalue weighted by Gasteiger charge is -2.12. The van der Waals surface area contributed by atoms with E-state index in [1.54, 1.807) is 7.11 Å². The molecule has 0 fully saturated rings. The zero-order valence-electron chi connectivity index (χ0n) is 13.9. The topological polar surface area (TPSA) is 39.4 Å². The molecular formula is C21H17N3O. The van der Waals surface area contributed by atoms with Gasteiger partial charge in [0.15, 0.2) is 0 Å². The molecule has 0 saturated carbocycles. The van der Waals surface area contributed by atoms with Crippen molar-refractivity contribution in [2.45, 2.75) is 13.2 Å². The average molecular weight is 327 g/mol. The van der Waals surface area contributed by atoms with Gasteiger partial charge in [0.05, 0.1) is 42.3 Å². The van der Waals surface area contributed by atoms with Crippen molar-refractivity contribution < 1.29 is 4.74 Å². The van der Waals surface area contributed by atoms with Crippen molar-refractivity contribution in [2.75, 3.05) is 7.11 Å². The van der Waals surface area contributed by atoms with Crippen LogP contribution in [0, 0.1) is 12.3 Å². The van der Waals surface area contributed by atoms with Gasteiger partial charge in [0.1, 0.15) is 0 Å². The fourth-order valence-corrected chi connectivity index (χ4v) is 3.15. The fraction of sp³-hybridized carbons (Fsp3) is 0.143. The van der Waals surface area contributed by atoms with Gasteiger partial charge in [-0.05, 0) is 18.2 Å². The van der Waals surface area contributed by atoms with Crippen molar-refractivity contribution in [2.24, 2.45) is 4.99 Å². The van der Waals surface area contributed by atoms with Crippen molar-refractivity contribution in [1.82, 2.24) is 9.55 Å². The van der Waals surface area contributed by atoms with E-state index >= 15 is 0 Å². The molecule has 2 aromatic carbocycles. The first-order valence-electron chi connectivity index (χ1n) is 8.07. The first-order chi connectivity index (χ1) is 12.3. The van der Waals surface area contributed by atoms with Crippen LogP contribution in [-0.2, 0) is 17.9 Å². The van der Waals surface area contributed by atoms with E-state index in [1.807, 2.05) is 42.7 Å². The Morgan fingerprint density at radius 3 is 2.80 bits per heavy atom. The highest BCUT2D eigenvalue weighted by molar-refractivity contribution is 6.15. The van der Waals surface area contributed by atoms with Crippen molar-refractivity contribution in [3.63, 3.8) is 0 Å². The summed E-state index contributed by atoms with van der Waals surface area (Å²) < 4.78 is 7.36. The van der Waals surface area contributed by atoms with Gasteiger partial charge in [-0.25, -0.2) is 4.98 Å². The van der Waals surface area contributed by atoms with E-state index in [0.29, 0.717) is 13.2 Å². The molecule has 0 atom stereocenters. The van der Waals surface area contributed by atoms with Crippen LogP contribution in [0.4, 0.5) is 0 Å². The summed E-state index contributed by atoms with van der Waals surface area (Å²) in [7, 11) is 1.67. The number of aliphatic imine (C=N–C) groups is 1. The standard InChI is InChI=1S/C21H17N3O/c1-3-15-9-10-19-17(11-15)21(16-7-5-4-6-8-16)22-12-20-18(13-25-2)23-14-24(19)20/h1,4-11,14H,12-13H2,2H3. The molecule has 25 heavy (non-hydrogen) atoms. The largest absolute Gasteiger partial charge is 0.378 e. The Hall–Kier alpha value is -3.16. The molecule has 0 saturated heterocycles. The Morgan fingerprint density at radius 2 is 2.04 bits per heavy atom. The molecule has 1 aliphatic heterocycles. The van der Waals surface area contributed by atoms with Gasteiger partial charge < -0.3 is 9.30 Å². The second kappa shape index (κ2) is 6.39. The molecule has 0 bridgehead atoms. The number of rotatable bonds is 3. The van der Waals surface area contributed by atoms with E-state index in [0.717, 1.165) is 39.5 Å². The molecule has 1 aliphatic rings. The van der Waals surface area contributed by atoms with Gasteiger partial charge in [0, 0.05) is 23.8 Å². The van der Waals surface area contributed by atoms with E-state index in [1.165, 1.54) is 0 Å². The van der Waals surface area contributed by atoms with Crippen LogP contribution < -0.4 is 0 Å². The van der Waals surface area contributed by atoms with Gasteiger partial charge in [-0.15, -0.1) is 6.42 Å². The summed E-state index contributed by atoms with van der Waals surface area (Å²) in [5.41, 5.74) is 6.86. The molecular weight excluding hydrogens is 310 g/mol. The fourth-order valence-electron chi connectivity index (χ4n) is 3.15. The van der Waals surface area contributed by atoms with Gasteiger partial charge >= 0.3 is 0 Å². The number of hydrogen-bond acceptors (Lipinski definition) is 3. The summed E-state index contributed by atoms with van der Waals surface area (Å²) >= 11 is 0. The van der Waals surface area contributed by atoms with E-state index in [2.05, 4.69) is 27.6 Å². The molecule has 0 unspecified atom stereocenters. The summed E-state index contributed by atoms with van der Waals surface area (Å²) in [4.78, 5) is 9.40. The summed E-state index contributed by atoms with van der Waals surface area (Å²) in [5, 5.41) is 0. The molecule has 3 aromatic rings. The second-order valence-corrected chi connectivity index (χ2v) is 5.85. The zero-order chi connectivity index (χ0) is 17.2. The predicted octanol–water partition coefficient (Wildman–Crippen LogP) is 3.35. The smallest absolute Gasteiger partial charge is 0.0999 e. The lowest BCUT2D eigenvalue weighted by Crippen LogP contribution is -2.07. The minimum absolute atomic E-state index is 0.469. The normalized spacial score (nSPS) is 12.6. The third-order valence-corrected chi connectivity index (χ3v) is 4.35. The minimum Gasteiger partial charge on any atom is -0.378 e. The summed E-state index contributed by atoms with van der Waals surface area (Å²) in [6, 6.07) is 16.2.